The predicted octanol–water partition coefficient (Wildman–Crippen LogP) is 1.91. The molecule has 0 unspecified atom stereocenters. The fourth-order valence-electron chi connectivity index (χ4n) is 1.61. The molecular weight excluding hydrogens is 192 g/mol. The molecule has 78 valence electrons. The van der Waals surface area contributed by atoms with E-state index in [9.17, 15) is 4.79 Å². The summed E-state index contributed by atoms with van der Waals surface area (Å²) in [6.07, 6.45) is 7.73. The first kappa shape index (κ1) is 9.71. The smallest absolute Gasteiger partial charge is 0.354 e. The molecule has 0 aromatic carbocycles. The minimum Gasteiger partial charge on any atom is -0.477 e. The Morgan fingerprint density at radius 2 is 2.20 bits per heavy atom. The lowest BCUT2D eigenvalue weighted by atomic mass is 10.2. The average Bonchev–Trinajstić information content (AvgIpc) is 2.71. The second kappa shape index (κ2) is 4.13. The molecule has 1 heterocycles. The van der Waals surface area contributed by atoms with Crippen molar-refractivity contribution in [3.05, 3.63) is 36.2 Å². The van der Waals surface area contributed by atoms with Gasteiger partial charge in [-0.2, -0.15) is 0 Å². The van der Waals surface area contributed by atoms with Crippen LogP contribution in [0.4, 0.5) is 5.69 Å². The summed E-state index contributed by atoms with van der Waals surface area (Å²) in [7, 11) is 0. The third kappa shape index (κ3) is 2.34. The van der Waals surface area contributed by atoms with Crippen molar-refractivity contribution in [3.8, 4) is 0 Å². The Hall–Kier alpha value is -1.84. The highest BCUT2D eigenvalue weighted by atomic mass is 16.4. The third-order valence-electron chi connectivity index (χ3n) is 2.36. The molecule has 1 aliphatic carbocycles. The number of nitrogens with zero attached hydrogens (tertiary/aromatic N) is 1. The highest BCUT2D eigenvalue weighted by Gasteiger charge is 2.11. The first-order valence-electron chi connectivity index (χ1n) is 4.86. The molecule has 0 radical (unpaired) electrons. The molecule has 0 bridgehead atoms. The van der Waals surface area contributed by atoms with Gasteiger partial charge in [-0.25, -0.2) is 9.78 Å². The summed E-state index contributed by atoms with van der Waals surface area (Å²) in [5.41, 5.74) is 0.891. The summed E-state index contributed by atoms with van der Waals surface area (Å²) in [6.45, 7) is 0. The van der Waals surface area contributed by atoms with Gasteiger partial charge in [-0.05, 0) is 25.0 Å². The molecule has 2 rings (SSSR count). The van der Waals surface area contributed by atoms with Gasteiger partial charge in [0.2, 0.25) is 0 Å². The van der Waals surface area contributed by atoms with Gasteiger partial charge in [0.25, 0.3) is 0 Å². The zero-order valence-corrected chi connectivity index (χ0v) is 8.18. The Morgan fingerprint density at radius 3 is 2.87 bits per heavy atom. The van der Waals surface area contributed by atoms with E-state index >= 15 is 0 Å². The number of anilines is 1. The largest absolute Gasteiger partial charge is 0.477 e. The monoisotopic (exact) mass is 204 g/mol. The maximum Gasteiger partial charge on any atom is 0.354 e. The topological polar surface area (TPSA) is 62.2 Å². The molecule has 0 saturated heterocycles. The van der Waals surface area contributed by atoms with Crippen LogP contribution in [0.2, 0.25) is 0 Å². The van der Waals surface area contributed by atoms with E-state index in [4.69, 9.17) is 5.11 Å². The van der Waals surface area contributed by atoms with Gasteiger partial charge in [0.15, 0.2) is 0 Å². The number of nitrogens with one attached hydrogen (secondary N) is 1. The van der Waals surface area contributed by atoms with Gasteiger partial charge in [-0.3, -0.25) is 0 Å². The van der Waals surface area contributed by atoms with Crippen molar-refractivity contribution >= 4 is 11.7 Å². The number of rotatable bonds is 3. The van der Waals surface area contributed by atoms with Gasteiger partial charge >= 0.3 is 5.97 Å². The van der Waals surface area contributed by atoms with Crippen molar-refractivity contribution in [2.24, 2.45) is 0 Å². The second-order valence-corrected chi connectivity index (χ2v) is 3.52. The van der Waals surface area contributed by atoms with Crippen molar-refractivity contribution in [2.45, 2.75) is 18.9 Å². The first-order chi connectivity index (χ1) is 7.25. The Morgan fingerprint density at radius 1 is 1.47 bits per heavy atom. The Bertz CT molecular complexity index is 393. The standard InChI is InChI=1S/C11H12N2O2/c14-11(15)10-7-9(5-6-12-10)13-8-3-1-2-4-8/h1-2,5-8H,3-4H2,(H,12,13)(H,14,15). The molecule has 0 amide bonds. The lowest BCUT2D eigenvalue weighted by molar-refractivity contribution is 0.0690. The molecule has 0 atom stereocenters. The van der Waals surface area contributed by atoms with Crippen LogP contribution >= 0.6 is 0 Å². The van der Waals surface area contributed by atoms with Crippen LogP contribution in [0.1, 0.15) is 23.3 Å². The van der Waals surface area contributed by atoms with Crippen molar-refractivity contribution in [1.29, 1.82) is 0 Å². The molecule has 1 aromatic heterocycles. The zero-order valence-electron chi connectivity index (χ0n) is 8.18. The van der Waals surface area contributed by atoms with E-state index in [1.165, 1.54) is 6.20 Å². The summed E-state index contributed by atoms with van der Waals surface area (Å²) < 4.78 is 0. The fraction of sp³-hybridized carbons (Fsp3) is 0.273. The maximum atomic E-state index is 10.7. The molecule has 2 N–H and O–H groups in total. The van der Waals surface area contributed by atoms with Gasteiger partial charge in [0.1, 0.15) is 5.69 Å². The van der Waals surface area contributed by atoms with Crippen LogP contribution in [0, 0.1) is 0 Å². The molecule has 1 aromatic rings. The van der Waals surface area contributed by atoms with E-state index in [1.54, 1.807) is 12.1 Å². The Labute approximate surface area is 87.7 Å². The van der Waals surface area contributed by atoms with E-state index in [0.29, 0.717) is 6.04 Å². The van der Waals surface area contributed by atoms with Crippen molar-refractivity contribution < 1.29 is 9.90 Å². The van der Waals surface area contributed by atoms with E-state index in [2.05, 4.69) is 22.5 Å². The van der Waals surface area contributed by atoms with Gasteiger partial charge in [0, 0.05) is 17.9 Å². The molecule has 0 fully saturated rings. The summed E-state index contributed by atoms with van der Waals surface area (Å²) in [5.74, 6) is -0.997. The Balaban J connectivity index is 2.07. The number of aromatic carboxylic acids is 1. The van der Waals surface area contributed by atoms with Crippen molar-refractivity contribution in [1.82, 2.24) is 4.98 Å². The van der Waals surface area contributed by atoms with Crippen LogP contribution in [0.5, 0.6) is 0 Å². The van der Waals surface area contributed by atoms with Crippen molar-refractivity contribution in [3.63, 3.8) is 0 Å². The fourth-order valence-corrected chi connectivity index (χ4v) is 1.61. The number of pyridine rings is 1. The molecule has 0 spiro atoms. The van der Waals surface area contributed by atoms with Crippen LogP contribution in [-0.2, 0) is 0 Å². The minimum atomic E-state index is -0.997. The lowest BCUT2D eigenvalue weighted by Crippen LogP contribution is -2.15. The predicted molar refractivity (Wildman–Crippen MR) is 57.0 cm³/mol. The maximum absolute atomic E-state index is 10.7. The normalized spacial score (nSPS) is 15.5. The summed E-state index contributed by atoms with van der Waals surface area (Å²) in [6, 6.07) is 3.72. The summed E-state index contributed by atoms with van der Waals surface area (Å²) in [4.78, 5) is 14.4. The number of carboxylic acids is 1. The van der Waals surface area contributed by atoms with Gasteiger partial charge in [0.05, 0.1) is 0 Å². The third-order valence-corrected chi connectivity index (χ3v) is 2.36. The molecule has 4 heteroatoms. The van der Waals surface area contributed by atoms with E-state index in [-0.39, 0.29) is 5.69 Å². The number of aromatic nitrogens is 1. The molecule has 0 aliphatic heterocycles. The Kier molecular flexibility index (Phi) is 2.67. The van der Waals surface area contributed by atoms with Gasteiger partial charge in [-0.15, -0.1) is 0 Å². The SMILES string of the molecule is O=C(O)c1cc(NC2CC=CC2)ccn1. The van der Waals surface area contributed by atoms with Crippen LogP contribution < -0.4 is 5.32 Å². The second-order valence-electron chi connectivity index (χ2n) is 3.52. The van der Waals surface area contributed by atoms with Crippen molar-refractivity contribution in [2.75, 3.05) is 5.32 Å². The van der Waals surface area contributed by atoms with Gasteiger partial charge < -0.3 is 10.4 Å². The molecule has 1 aliphatic rings. The first-order valence-corrected chi connectivity index (χ1v) is 4.86. The number of hydrogen-bond acceptors (Lipinski definition) is 3. The zero-order chi connectivity index (χ0) is 10.7. The van der Waals surface area contributed by atoms with Crippen LogP contribution in [-0.4, -0.2) is 22.1 Å². The quantitative estimate of drug-likeness (QED) is 0.738. The molecule has 15 heavy (non-hydrogen) atoms. The van der Waals surface area contributed by atoms with Crippen LogP contribution in [0.25, 0.3) is 0 Å². The number of hydrogen-bond donors (Lipinski definition) is 2. The van der Waals surface area contributed by atoms with Crippen LogP contribution in [0.15, 0.2) is 30.5 Å². The van der Waals surface area contributed by atoms with Gasteiger partial charge in [-0.1, -0.05) is 12.2 Å². The average molecular weight is 204 g/mol. The molecule has 4 nitrogen and oxygen atoms in total. The molecule has 0 saturated carbocycles. The number of carbonyl (C=O) groups is 1. The summed E-state index contributed by atoms with van der Waals surface area (Å²) >= 11 is 0. The number of carboxylic acid groups (broad SMARTS) is 1. The summed E-state index contributed by atoms with van der Waals surface area (Å²) in [5, 5.41) is 12.0. The minimum absolute atomic E-state index is 0.0750. The lowest BCUT2D eigenvalue weighted by Gasteiger charge is -2.13. The van der Waals surface area contributed by atoms with E-state index in [1.807, 2.05) is 0 Å². The van der Waals surface area contributed by atoms with E-state index in [0.717, 1.165) is 18.5 Å². The van der Waals surface area contributed by atoms with Crippen LogP contribution in [0.3, 0.4) is 0 Å². The van der Waals surface area contributed by atoms with E-state index < -0.39 is 5.97 Å². The highest BCUT2D eigenvalue weighted by molar-refractivity contribution is 5.86. The highest BCUT2D eigenvalue weighted by Crippen LogP contribution is 2.16. The molecular formula is C11H12N2O2.